The van der Waals surface area contributed by atoms with Crippen LogP contribution in [0.3, 0.4) is 0 Å². The van der Waals surface area contributed by atoms with Crippen molar-refractivity contribution >= 4 is 23.5 Å². The van der Waals surface area contributed by atoms with Gasteiger partial charge in [0.1, 0.15) is 11.5 Å². The lowest BCUT2D eigenvalue weighted by Crippen LogP contribution is -2.50. The van der Waals surface area contributed by atoms with Gasteiger partial charge in [-0.25, -0.2) is 14.4 Å². The number of piperazine rings is 1. The van der Waals surface area contributed by atoms with Crippen LogP contribution in [0.1, 0.15) is 23.1 Å². The Labute approximate surface area is 150 Å². The van der Waals surface area contributed by atoms with Gasteiger partial charge in [-0.1, -0.05) is 0 Å². The summed E-state index contributed by atoms with van der Waals surface area (Å²) in [6.07, 6.45) is 0. The average molecular weight is 357 g/mol. The van der Waals surface area contributed by atoms with Crippen LogP contribution in [0.2, 0.25) is 0 Å². The first-order valence-electron chi connectivity index (χ1n) is 8.35. The fourth-order valence-electron chi connectivity index (χ4n) is 2.78. The fourth-order valence-corrected chi connectivity index (χ4v) is 2.78. The zero-order valence-electron chi connectivity index (χ0n) is 14.7. The molecular weight excluding hydrogens is 337 g/mol. The quantitative estimate of drug-likeness (QED) is 0.909. The Balaban J connectivity index is 1.73. The van der Waals surface area contributed by atoms with Gasteiger partial charge in [0.15, 0.2) is 0 Å². The zero-order chi connectivity index (χ0) is 18.7. The van der Waals surface area contributed by atoms with Crippen molar-refractivity contribution in [1.29, 1.82) is 0 Å². The number of nitrogens with one attached hydrogen (secondary N) is 1. The number of benzene rings is 1. The molecule has 8 heteroatoms. The number of halogens is 1. The van der Waals surface area contributed by atoms with Crippen LogP contribution >= 0.6 is 0 Å². The highest BCUT2D eigenvalue weighted by Crippen LogP contribution is 2.16. The van der Waals surface area contributed by atoms with Crippen LogP contribution in [0.4, 0.5) is 16.0 Å². The summed E-state index contributed by atoms with van der Waals surface area (Å²) in [5.74, 6) is -0.231. The highest BCUT2D eigenvalue weighted by Gasteiger charge is 2.24. The van der Waals surface area contributed by atoms with Crippen molar-refractivity contribution in [2.24, 2.45) is 0 Å². The van der Waals surface area contributed by atoms with Crippen molar-refractivity contribution in [2.75, 3.05) is 31.5 Å². The van der Waals surface area contributed by atoms with E-state index >= 15 is 0 Å². The number of anilines is 2. The Morgan fingerprint density at radius 2 is 1.65 bits per heavy atom. The van der Waals surface area contributed by atoms with Crippen molar-refractivity contribution in [1.82, 2.24) is 19.8 Å². The average Bonchev–Trinajstić information content (AvgIpc) is 2.62. The lowest BCUT2D eigenvalue weighted by Gasteiger charge is -2.34. The largest absolute Gasteiger partial charge is 0.339 e. The van der Waals surface area contributed by atoms with Crippen molar-refractivity contribution < 1.29 is 14.0 Å². The summed E-state index contributed by atoms with van der Waals surface area (Å²) in [6, 6.07) is 7.44. The smallest absolute Gasteiger partial charge is 0.272 e. The minimum Gasteiger partial charge on any atom is -0.339 e. The Morgan fingerprint density at radius 1 is 1.04 bits per heavy atom. The third-order valence-electron chi connectivity index (χ3n) is 4.19. The normalized spacial score (nSPS) is 14.3. The Kier molecular flexibility index (Phi) is 5.11. The summed E-state index contributed by atoms with van der Waals surface area (Å²) in [5, 5.41) is 2.98. The maximum absolute atomic E-state index is 13.0. The van der Waals surface area contributed by atoms with Crippen molar-refractivity contribution in [3.8, 4) is 0 Å². The molecule has 2 heterocycles. The van der Waals surface area contributed by atoms with Crippen LogP contribution in [0.5, 0.6) is 0 Å². The predicted molar refractivity (Wildman–Crippen MR) is 94.6 cm³/mol. The predicted octanol–water partition coefficient (Wildman–Crippen LogP) is 1.97. The summed E-state index contributed by atoms with van der Waals surface area (Å²) in [5.41, 5.74) is 1.57. The number of aromatic nitrogens is 2. The molecule has 1 N–H and O–H groups in total. The number of hydrogen-bond acceptors (Lipinski definition) is 5. The summed E-state index contributed by atoms with van der Waals surface area (Å²) in [7, 11) is 0. The van der Waals surface area contributed by atoms with Crippen molar-refractivity contribution in [3.63, 3.8) is 0 Å². The minimum absolute atomic E-state index is 0.0146. The summed E-state index contributed by atoms with van der Waals surface area (Å²) in [4.78, 5) is 36.1. The third kappa shape index (κ3) is 4.14. The second kappa shape index (κ2) is 7.47. The molecule has 3 rings (SSSR count). The molecule has 0 atom stereocenters. The number of amides is 2. The molecule has 0 saturated carbocycles. The summed E-state index contributed by atoms with van der Waals surface area (Å²) in [6.45, 7) is 5.29. The molecule has 7 nitrogen and oxygen atoms in total. The molecule has 1 saturated heterocycles. The van der Waals surface area contributed by atoms with Gasteiger partial charge >= 0.3 is 0 Å². The monoisotopic (exact) mass is 357 g/mol. The molecule has 0 radical (unpaired) electrons. The van der Waals surface area contributed by atoms with E-state index in [-0.39, 0.29) is 23.6 Å². The molecule has 1 fully saturated rings. The maximum Gasteiger partial charge on any atom is 0.272 e. The topological polar surface area (TPSA) is 78.4 Å². The van der Waals surface area contributed by atoms with Crippen LogP contribution in [0.15, 0.2) is 30.3 Å². The van der Waals surface area contributed by atoms with E-state index in [4.69, 9.17) is 0 Å². The van der Waals surface area contributed by atoms with E-state index in [2.05, 4.69) is 15.3 Å². The molecule has 0 spiro atoms. The molecule has 1 aliphatic rings. The van der Waals surface area contributed by atoms with E-state index in [1.54, 1.807) is 34.9 Å². The third-order valence-corrected chi connectivity index (χ3v) is 4.19. The molecule has 26 heavy (non-hydrogen) atoms. The fraction of sp³-hybridized carbons (Fsp3) is 0.333. The number of carbonyl (C=O) groups is 2. The molecule has 2 aromatic rings. The van der Waals surface area contributed by atoms with Gasteiger partial charge in [-0.3, -0.25) is 9.59 Å². The number of aryl methyl sites for hydroxylation is 1. The number of carbonyl (C=O) groups excluding carboxylic acids is 2. The van der Waals surface area contributed by atoms with Crippen molar-refractivity contribution in [2.45, 2.75) is 13.8 Å². The number of nitrogens with zero attached hydrogens (tertiary/aromatic N) is 4. The van der Waals surface area contributed by atoms with Crippen LogP contribution in [-0.2, 0) is 4.79 Å². The van der Waals surface area contributed by atoms with Gasteiger partial charge < -0.3 is 15.1 Å². The first-order valence-corrected chi connectivity index (χ1v) is 8.35. The lowest BCUT2D eigenvalue weighted by molar-refractivity contribution is -0.130. The first kappa shape index (κ1) is 17.8. The van der Waals surface area contributed by atoms with Gasteiger partial charge in [0.05, 0.1) is 0 Å². The molecule has 1 aromatic heterocycles. The summed E-state index contributed by atoms with van der Waals surface area (Å²) >= 11 is 0. The van der Waals surface area contributed by atoms with Crippen LogP contribution in [-0.4, -0.2) is 57.8 Å². The number of rotatable bonds is 3. The van der Waals surface area contributed by atoms with Crippen LogP contribution in [0.25, 0.3) is 0 Å². The molecule has 0 unspecified atom stereocenters. The second-order valence-corrected chi connectivity index (χ2v) is 6.15. The van der Waals surface area contributed by atoms with Crippen LogP contribution in [0, 0.1) is 12.7 Å². The van der Waals surface area contributed by atoms with Gasteiger partial charge in [0.25, 0.3) is 5.91 Å². The molecule has 136 valence electrons. The Morgan fingerprint density at radius 3 is 2.27 bits per heavy atom. The molecule has 0 bridgehead atoms. The van der Waals surface area contributed by atoms with Gasteiger partial charge in [-0.05, 0) is 37.3 Å². The SMILES string of the molecule is CC(=O)N1CCN(C(=O)c2cc(C)nc(Nc3ccc(F)cc3)n2)CC1. The van der Waals surface area contributed by atoms with E-state index in [0.717, 1.165) is 0 Å². The Bertz CT molecular complexity index is 817. The Hall–Kier alpha value is -3.03. The molecule has 1 aliphatic heterocycles. The molecular formula is C18H20FN5O2. The van der Waals surface area contributed by atoms with Crippen LogP contribution < -0.4 is 5.32 Å². The van der Waals surface area contributed by atoms with E-state index in [1.165, 1.54) is 19.1 Å². The zero-order valence-corrected chi connectivity index (χ0v) is 14.7. The van der Waals surface area contributed by atoms with Gasteiger partial charge in [-0.15, -0.1) is 0 Å². The van der Waals surface area contributed by atoms with E-state index < -0.39 is 0 Å². The summed E-state index contributed by atoms with van der Waals surface area (Å²) < 4.78 is 13.0. The lowest BCUT2D eigenvalue weighted by atomic mass is 10.2. The molecule has 2 amide bonds. The van der Waals surface area contributed by atoms with E-state index in [9.17, 15) is 14.0 Å². The van der Waals surface area contributed by atoms with E-state index in [1.807, 2.05) is 0 Å². The van der Waals surface area contributed by atoms with Gasteiger partial charge in [0.2, 0.25) is 11.9 Å². The van der Waals surface area contributed by atoms with Crippen molar-refractivity contribution in [3.05, 3.63) is 47.5 Å². The number of hydrogen-bond donors (Lipinski definition) is 1. The van der Waals surface area contributed by atoms with E-state index in [0.29, 0.717) is 43.3 Å². The van der Waals surface area contributed by atoms with Gasteiger partial charge in [0, 0.05) is 44.5 Å². The minimum atomic E-state index is -0.332. The first-order chi connectivity index (χ1) is 12.4. The molecule has 1 aromatic carbocycles. The van der Waals surface area contributed by atoms with Gasteiger partial charge in [-0.2, -0.15) is 0 Å². The highest BCUT2D eigenvalue weighted by atomic mass is 19.1. The highest BCUT2D eigenvalue weighted by molar-refractivity contribution is 5.93. The maximum atomic E-state index is 13.0. The standard InChI is InChI=1S/C18H20FN5O2/c1-12-11-16(17(26)24-9-7-23(8-10-24)13(2)25)22-18(20-12)21-15-5-3-14(19)4-6-15/h3-6,11H,7-10H2,1-2H3,(H,20,21,22). The molecule has 0 aliphatic carbocycles. The second-order valence-electron chi connectivity index (χ2n) is 6.15.